The van der Waals surface area contributed by atoms with Crippen LogP contribution in [0, 0.1) is 6.92 Å². The van der Waals surface area contributed by atoms with Crippen LogP contribution in [0.4, 0.5) is 11.4 Å². The number of anilines is 2. The molecule has 2 rings (SSSR count). The summed E-state index contributed by atoms with van der Waals surface area (Å²) in [6.45, 7) is 2.65. The van der Waals surface area contributed by atoms with Crippen molar-refractivity contribution in [2.24, 2.45) is 0 Å². The van der Waals surface area contributed by atoms with E-state index in [0.717, 1.165) is 10.7 Å². The molecule has 0 bridgehead atoms. The first-order chi connectivity index (χ1) is 9.10. The molecule has 0 unspecified atom stereocenters. The number of benzene rings is 1. The maximum absolute atomic E-state index is 11.5. The summed E-state index contributed by atoms with van der Waals surface area (Å²) in [7, 11) is 1.59. The van der Waals surface area contributed by atoms with Gasteiger partial charge in [0.2, 0.25) is 0 Å². The third-order valence-electron chi connectivity index (χ3n) is 2.64. The highest BCUT2D eigenvalue weighted by atomic mass is 32.1. The first-order valence-corrected chi connectivity index (χ1v) is 6.68. The minimum Gasteiger partial charge on any atom is -0.397 e. The molecule has 0 spiro atoms. The van der Waals surface area contributed by atoms with Gasteiger partial charge in [-0.2, -0.15) is 0 Å². The smallest absolute Gasteiger partial charge is 0.251 e. The van der Waals surface area contributed by atoms with E-state index in [1.54, 1.807) is 36.6 Å². The fourth-order valence-electron chi connectivity index (χ4n) is 1.66. The fraction of sp³-hybridized carbons (Fsp3) is 0.231. The quantitative estimate of drug-likeness (QED) is 0.746. The number of hydrogen-bond acceptors (Lipinski definition) is 5. The Kier molecular flexibility index (Phi) is 4.01. The van der Waals surface area contributed by atoms with Crippen LogP contribution in [0.25, 0.3) is 0 Å². The van der Waals surface area contributed by atoms with Gasteiger partial charge in [0.1, 0.15) is 5.01 Å². The predicted molar refractivity (Wildman–Crippen MR) is 78.4 cm³/mol. The van der Waals surface area contributed by atoms with Gasteiger partial charge in [0.05, 0.1) is 17.9 Å². The Labute approximate surface area is 115 Å². The maximum atomic E-state index is 11.5. The number of rotatable bonds is 4. The van der Waals surface area contributed by atoms with Crippen molar-refractivity contribution in [1.29, 1.82) is 0 Å². The van der Waals surface area contributed by atoms with E-state index < -0.39 is 0 Å². The van der Waals surface area contributed by atoms with E-state index in [-0.39, 0.29) is 5.91 Å². The van der Waals surface area contributed by atoms with Crippen LogP contribution >= 0.6 is 11.3 Å². The Hall–Kier alpha value is -2.08. The monoisotopic (exact) mass is 276 g/mol. The van der Waals surface area contributed by atoms with Crippen LogP contribution in [0.1, 0.15) is 20.2 Å². The number of nitrogen functional groups attached to an aromatic ring is 1. The van der Waals surface area contributed by atoms with E-state index in [2.05, 4.69) is 15.6 Å². The number of nitrogens with one attached hydrogen (secondary N) is 2. The Balaban J connectivity index is 2.07. The van der Waals surface area contributed by atoms with Crippen molar-refractivity contribution in [2.45, 2.75) is 13.5 Å². The highest BCUT2D eigenvalue weighted by Crippen LogP contribution is 2.21. The average Bonchev–Trinajstić information content (AvgIpc) is 2.82. The van der Waals surface area contributed by atoms with Gasteiger partial charge in [-0.05, 0) is 25.1 Å². The maximum Gasteiger partial charge on any atom is 0.251 e. The predicted octanol–water partition coefficient (Wildman–Crippen LogP) is 2.01. The van der Waals surface area contributed by atoms with Crippen molar-refractivity contribution in [3.8, 4) is 0 Å². The van der Waals surface area contributed by atoms with Crippen LogP contribution in [0.2, 0.25) is 0 Å². The van der Waals surface area contributed by atoms with Gasteiger partial charge in [0, 0.05) is 23.7 Å². The molecule has 0 saturated heterocycles. The first kappa shape index (κ1) is 13.4. The zero-order valence-electron chi connectivity index (χ0n) is 10.9. The van der Waals surface area contributed by atoms with Crippen molar-refractivity contribution >= 4 is 28.6 Å². The summed E-state index contributed by atoms with van der Waals surface area (Å²) in [6, 6.07) is 5.21. The van der Waals surface area contributed by atoms with Crippen molar-refractivity contribution in [3.05, 3.63) is 39.8 Å². The molecular weight excluding hydrogens is 260 g/mol. The molecule has 0 saturated carbocycles. The number of aryl methyl sites for hydroxylation is 1. The minimum absolute atomic E-state index is 0.145. The number of amides is 1. The standard InChI is InChI=1S/C13H16N4OS/c1-8-6-17-12(19-8)7-16-11-4-3-9(5-10(11)14)13(18)15-2/h3-6,16H,7,14H2,1-2H3,(H,15,18). The summed E-state index contributed by atoms with van der Waals surface area (Å²) in [5.41, 5.74) is 7.83. The van der Waals surface area contributed by atoms with Gasteiger partial charge in [-0.3, -0.25) is 4.79 Å². The molecule has 1 amide bonds. The lowest BCUT2D eigenvalue weighted by Crippen LogP contribution is -2.18. The van der Waals surface area contributed by atoms with Gasteiger partial charge < -0.3 is 16.4 Å². The van der Waals surface area contributed by atoms with E-state index in [1.165, 1.54) is 4.88 Å². The van der Waals surface area contributed by atoms with Crippen LogP contribution in [0.15, 0.2) is 24.4 Å². The molecule has 0 aliphatic carbocycles. The van der Waals surface area contributed by atoms with Gasteiger partial charge in [-0.15, -0.1) is 11.3 Å². The molecule has 5 nitrogen and oxygen atoms in total. The van der Waals surface area contributed by atoms with E-state index >= 15 is 0 Å². The fourth-order valence-corrected chi connectivity index (χ4v) is 2.39. The van der Waals surface area contributed by atoms with Gasteiger partial charge in [-0.1, -0.05) is 0 Å². The first-order valence-electron chi connectivity index (χ1n) is 5.87. The second-order valence-electron chi connectivity index (χ2n) is 4.10. The summed E-state index contributed by atoms with van der Waals surface area (Å²) in [5, 5.41) is 6.79. The SMILES string of the molecule is CNC(=O)c1ccc(NCc2ncc(C)s2)c(N)c1. The lowest BCUT2D eigenvalue weighted by Gasteiger charge is -2.09. The minimum atomic E-state index is -0.145. The molecule has 0 atom stereocenters. The van der Waals surface area contributed by atoms with Crippen LogP contribution in [0.3, 0.4) is 0 Å². The zero-order chi connectivity index (χ0) is 13.8. The Morgan fingerprint density at radius 2 is 2.26 bits per heavy atom. The number of carbonyl (C=O) groups excluding carboxylic acids is 1. The number of nitrogens with two attached hydrogens (primary N) is 1. The van der Waals surface area contributed by atoms with Crippen LogP contribution in [-0.4, -0.2) is 17.9 Å². The summed E-state index contributed by atoms with van der Waals surface area (Å²) >= 11 is 1.65. The summed E-state index contributed by atoms with van der Waals surface area (Å²) in [5.74, 6) is -0.145. The average molecular weight is 276 g/mol. The summed E-state index contributed by atoms with van der Waals surface area (Å²) in [6.07, 6.45) is 1.85. The molecule has 100 valence electrons. The Bertz CT molecular complexity index is 594. The Morgan fingerprint density at radius 1 is 1.47 bits per heavy atom. The number of carbonyl (C=O) groups is 1. The topological polar surface area (TPSA) is 80.0 Å². The molecule has 0 aliphatic heterocycles. The molecule has 1 heterocycles. The molecule has 19 heavy (non-hydrogen) atoms. The van der Waals surface area contributed by atoms with E-state index in [4.69, 9.17) is 5.73 Å². The number of nitrogens with zero attached hydrogens (tertiary/aromatic N) is 1. The molecule has 4 N–H and O–H groups in total. The molecule has 2 aromatic rings. The molecular formula is C13H16N4OS. The van der Waals surface area contributed by atoms with Gasteiger partial charge >= 0.3 is 0 Å². The normalized spacial score (nSPS) is 10.2. The second kappa shape index (κ2) is 5.71. The lowest BCUT2D eigenvalue weighted by molar-refractivity contribution is 0.0963. The summed E-state index contributed by atoms with van der Waals surface area (Å²) < 4.78 is 0. The number of aromatic nitrogens is 1. The second-order valence-corrected chi connectivity index (χ2v) is 5.42. The van der Waals surface area contributed by atoms with Crippen molar-refractivity contribution in [3.63, 3.8) is 0 Å². The third-order valence-corrected chi connectivity index (χ3v) is 3.55. The molecule has 0 aliphatic rings. The highest BCUT2D eigenvalue weighted by molar-refractivity contribution is 7.11. The summed E-state index contributed by atoms with van der Waals surface area (Å²) in [4.78, 5) is 16.9. The third kappa shape index (κ3) is 3.23. The molecule has 6 heteroatoms. The van der Waals surface area contributed by atoms with Gasteiger partial charge in [0.25, 0.3) is 5.91 Å². The molecule has 0 fully saturated rings. The molecule has 1 aromatic heterocycles. The van der Waals surface area contributed by atoms with E-state index in [1.807, 2.05) is 13.1 Å². The van der Waals surface area contributed by atoms with E-state index in [0.29, 0.717) is 17.8 Å². The highest BCUT2D eigenvalue weighted by Gasteiger charge is 2.07. The molecule has 0 radical (unpaired) electrons. The van der Waals surface area contributed by atoms with Crippen LogP contribution in [0.5, 0.6) is 0 Å². The largest absolute Gasteiger partial charge is 0.397 e. The number of hydrogen-bond donors (Lipinski definition) is 3. The van der Waals surface area contributed by atoms with Gasteiger partial charge in [-0.25, -0.2) is 4.98 Å². The lowest BCUT2D eigenvalue weighted by atomic mass is 10.1. The van der Waals surface area contributed by atoms with E-state index in [9.17, 15) is 4.79 Å². The Morgan fingerprint density at radius 3 is 2.84 bits per heavy atom. The number of thiazole rings is 1. The van der Waals surface area contributed by atoms with Crippen molar-refractivity contribution < 1.29 is 4.79 Å². The van der Waals surface area contributed by atoms with Crippen LogP contribution < -0.4 is 16.4 Å². The van der Waals surface area contributed by atoms with Crippen molar-refractivity contribution in [1.82, 2.24) is 10.3 Å². The van der Waals surface area contributed by atoms with Gasteiger partial charge in [0.15, 0.2) is 0 Å². The van der Waals surface area contributed by atoms with Crippen molar-refractivity contribution in [2.75, 3.05) is 18.1 Å². The molecule has 1 aromatic carbocycles. The van der Waals surface area contributed by atoms with Crippen LogP contribution in [-0.2, 0) is 6.54 Å². The zero-order valence-corrected chi connectivity index (χ0v) is 11.7.